The summed E-state index contributed by atoms with van der Waals surface area (Å²) in [5.41, 5.74) is -0.631. The van der Waals surface area contributed by atoms with Crippen LogP contribution in [0.15, 0.2) is 41.8 Å². The molecule has 0 N–H and O–H groups in total. The molecule has 7 heteroatoms. The van der Waals surface area contributed by atoms with Crippen molar-refractivity contribution in [2.45, 2.75) is 24.2 Å². The van der Waals surface area contributed by atoms with Crippen molar-refractivity contribution >= 4 is 15.9 Å². The number of halogens is 1. The van der Waals surface area contributed by atoms with E-state index in [2.05, 4.69) is 6.58 Å². The van der Waals surface area contributed by atoms with Crippen molar-refractivity contribution < 1.29 is 17.6 Å². The first kappa shape index (κ1) is 17.1. The van der Waals surface area contributed by atoms with Crippen LogP contribution in [0.3, 0.4) is 0 Å². The minimum absolute atomic E-state index is 0.0152. The Bertz CT molecular complexity index is 748. The molecule has 0 aromatic heterocycles. The number of carbonyl (C=O) groups excluding carboxylic acids is 1. The molecule has 1 atom stereocenters. The number of sulfonamides is 1. The third-order valence-electron chi connectivity index (χ3n) is 4.94. The maximum atomic E-state index is 13.1. The van der Waals surface area contributed by atoms with Gasteiger partial charge in [0, 0.05) is 26.2 Å². The predicted octanol–water partition coefficient (Wildman–Crippen LogP) is 2.01. The van der Waals surface area contributed by atoms with E-state index in [1.807, 2.05) is 0 Å². The summed E-state index contributed by atoms with van der Waals surface area (Å²) in [7, 11) is -3.72. The zero-order valence-electron chi connectivity index (χ0n) is 13.4. The lowest BCUT2D eigenvalue weighted by molar-refractivity contribution is -0.137. The molecule has 3 rings (SSSR count). The molecule has 1 aromatic rings. The SMILES string of the molecule is C=CCN1CC[C@@]2(CCCN(S(=O)(=O)c3ccc(F)cc3)C2)C1=O. The highest BCUT2D eigenvalue weighted by Gasteiger charge is 2.50. The van der Waals surface area contributed by atoms with Gasteiger partial charge in [0.1, 0.15) is 5.82 Å². The Labute approximate surface area is 141 Å². The lowest BCUT2D eigenvalue weighted by Crippen LogP contribution is -2.49. The lowest BCUT2D eigenvalue weighted by atomic mass is 9.79. The summed E-state index contributed by atoms with van der Waals surface area (Å²) in [6.07, 6.45) is 3.70. The highest BCUT2D eigenvalue weighted by molar-refractivity contribution is 7.89. The normalized spacial score (nSPS) is 25.4. The van der Waals surface area contributed by atoms with Crippen molar-refractivity contribution in [3.63, 3.8) is 0 Å². The van der Waals surface area contributed by atoms with Gasteiger partial charge in [-0.05, 0) is 43.5 Å². The van der Waals surface area contributed by atoms with E-state index in [4.69, 9.17) is 0 Å². The van der Waals surface area contributed by atoms with Gasteiger partial charge in [-0.25, -0.2) is 12.8 Å². The number of piperidine rings is 1. The number of hydrogen-bond donors (Lipinski definition) is 0. The summed E-state index contributed by atoms with van der Waals surface area (Å²) >= 11 is 0. The van der Waals surface area contributed by atoms with E-state index in [9.17, 15) is 17.6 Å². The molecule has 1 amide bonds. The van der Waals surface area contributed by atoms with Crippen LogP contribution in [-0.4, -0.2) is 49.7 Å². The van der Waals surface area contributed by atoms with Crippen LogP contribution in [0, 0.1) is 11.2 Å². The molecule has 0 saturated carbocycles. The summed E-state index contributed by atoms with van der Waals surface area (Å²) < 4.78 is 40.1. The van der Waals surface area contributed by atoms with Crippen LogP contribution < -0.4 is 0 Å². The van der Waals surface area contributed by atoms with E-state index >= 15 is 0 Å². The average molecular weight is 352 g/mol. The van der Waals surface area contributed by atoms with Crippen LogP contribution in [0.1, 0.15) is 19.3 Å². The quantitative estimate of drug-likeness (QED) is 0.779. The molecule has 2 aliphatic heterocycles. The van der Waals surface area contributed by atoms with Gasteiger partial charge in [-0.1, -0.05) is 6.08 Å². The van der Waals surface area contributed by atoms with Gasteiger partial charge in [-0.2, -0.15) is 4.31 Å². The van der Waals surface area contributed by atoms with Crippen LogP contribution in [-0.2, 0) is 14.8 Å². The highest BCUT2D eigenvalue weighted by Crippen LogP contribution is 2.41. The topological polar surface area (TPSA) is 57.7 Å². The third kappa shape index (κ3) is 2.86. The van der Waals surface area contributed by atoms with E-state index in [1.165, 1.54) is 16.4 Å². The number of amides is 1. The van der Waals surface area contributed by atoms with Crippen LogP contribution in [0.25, 0.3) is 0 Å². The molecular weight excluding hydrogens is 331 g/mol. The van der Waals surface area contributed by atoms with Gasteiger partial charge in [0.05, 0.1) is 10.3 Å². The largest absolute Gasteiger partial charge is 0.338 e. The average Bonchev–Trinajstić information content (AvgIpc) is 2.85. The molecule has 0 radical (unpaired) electrons. The summed E-state index contributed by atoms with van der Waals surface area (Å²) in [6, 6.07) is 4.82. The standard InChI is InChI=1S/C17H21FN2O3S/c1-2-10-19-12-9-17(16(19)21)8-3-11-20(13-17)24(22,23)15-6-4-14(18)5-7-15/h2,4-7H,1,3,8-13H2/t17-/m1/s1. The molecule has 0 unspecified atom stereocenters. The van der Waals surface area contributed by atoms with Crippen LogP contribution in [0.2, 0.25) is 0 Å². The number of likely N-dealkylation sites (tertiary alicyclic amines) is 1. The zero-order chi connectivity index (χ0) is 17.4. The second-order valence-corrected chi connectivity index (χ2v) is 8.40. The number of rotatable bonds is 4. The Kier molecular flexibility index (Phi) is 4.48. The maximum absolute atomic E-state index is 13.1. The highest BCUT2D eigenvalue weighted by atomic mass is 32.2. The van der Waals surface area contributed by atoms with Gasteiger partial charge in [-0.3, -0.25) is 4.79 Å². The third-order valence-corrected chi connectivity index (χ3v) is 6.80. The summed E-state index contributed by atoms with van der Waals surface area (Å²) in [4.78, 5) is 14.5. The number of hydrogen-bond acceptors (Lipinski definition) is 3. The minimum atomic E-state index is -3.72. The smallest absolute Gasteiger partial charge is 0.243 e. The van der Waals surface area contributed by atoms with Gasteiger partial charge >= 0.3 is 0 Å². The van der Waals surface area contributed by atoms with Gasteiger partial charge < -0.3 is 4.90 Å². The summed E-state index contributed by atoms with van der Waals surface area (Å²) in [5.74, 6) is -0.462. The molecule has 1 spiro atoms. The molecular formula is C17H21FN2O3S. The number of benzene rings is 1. The fourth-order valence-electron chi connectivity index (χ4n) is 3.65. The van der Waals surface area contributed by atoms with Crippen molar-refractivity contribution in [3.05, 3.63) is 42.7 Å². The monoisotopic (exact) mass is 352 g/mol. The molecule has 0 aliphatic carbocycles. The van der Waals surface area contributed by atoms with Crippen LogP contribution in [0.4, 0.5) is 4.39 Å². The van der Waals surface area contributed by atoms with Crippen molar-refractivity contribution in [2.24, 2.45) is 5.41 Å². The van der Waals surface area contributed by atoms with Crippen molar-refractivity contribution in [2.75, 3.05) is 26.2 Å². The lowest BCUT2D eigenvalue weighted by Gasteiger charge is -2.38. The second kappa shape index (κ2) is 6.29. The minimum Gasteiger partial charge on any atom is -0.338 e. The van der Waals surface area contributed by atoms with E-state index in [-0.39, 0.29) is 17.3 Å². The van der Waals surface area contributed by atoms with E-state index in [0.29, 0.717) is 38.9 Å². The Morgan fingerprint density at radius 3 is 2.58 bits per heavy atom. The van der Waals surface area contributed by atoms with E-state index < -0.39 is 21.3 Å². The molecule has 2 fully saturated rings. The molecule has 2 aliphatic rings. The first-order valence-electron chi connectivity index (χ1n) is 8.05. The number of carbonyl (C=O) groups is 1. The fraction of sp³-hybridized carbons (Fsp3) is 0.471. The Hall–Kier alpha value is -1.73. The van der Waals surface area contributed by atoms with Gasteiger partial charge in [0.25, 0.3) is 0 Å². The summed E-state index contributed by atoms with van der Waals surface area (Å²) in [6.45, 7) is 5.37. The van der Waals surface area contributed by atoms with Crippen molar-refractivity contribution in [1.29, 1.82) is 0 Å². The Balaban J connectivity index is 1.84. The van der Waals surface area contributed by atoms with Crippen LogP contribution >= 0.6 is 0 Å². The van der Waals surface area contributed by atoms with E-state index in [1.54, 1.807) is 11.0 Å². The van der Waals surface area contributed by atoms with Crippen molar-refractivity contribution in [1.82, 2.24) is 9.21 Å². The fourth-order valence-corrected chi connectivity index (χ4v) is 5.22. The molecule has 24 heavy (non-hydrogen) atoms. The van der Waals surface area contributed by atoms with Crippen molar-refractivity contribution in [3.8, 4) is 0 Å². The molecule has 2 saturated heterocycles. The van der Waals surface area contributed by atoms with Gasteiger partial charge in [0.15, 0.2) is 0 Å². The van der Waals surface area contributed by atoms with Gasteiger partial charge in [0.2, 0.25) is 15.9 Å². The first-order chi connectivity index (χ1) is 11.4. The van der Waals surface area contributed by atoms with Gasteiger partial charge in [-0.15, -0.1) is 6.58 Å². The first-order valence-corrected chi connectivity index (χ1v) is 9.49. The molecule has 1 aromatic carbocycles. The van der Waals surface area contributed by atoms with Crippen LogP contribution in [0.5, 0.6) is 0 Å². The predicted molar refractivity (Wildman–Crippen MR) is 88.2 cm³/mol. The molecule has 130 valence electrons. The molecule has 0 bridgehead atoms. The maximum Gasteiger partial charge on any atom is 0.243 e. The van der Waals surface area contributed by atoms with E-state index in [0.717, 1.165) is 12.1 Å². The Morgan fingerprint density at radius 1 is 1.21 bits per heavy atom. The number of nitrogens with zero attached hydrogens (tertiary/aromatic N) is 2. The molecule has 2 heterocycles. The second-order valence-electron chi connectivity index (χ2n) is 6.47. The zero-order valence-corrected chi connectivity index (χ0v) is 14.3. The summed E-state index contributed by atoms with van der Waals surface area (Å²) in [5, 5.41) is 0. The molecule has 5 nitrogen and oxygen atoms in total. The Morgan fingerprint density at radius 2 is 1.92 bits per heavy atom.